The van der Waals surface area contributed by atoms with Crippen LogP contribution in [0.25, 0.3) is 16.8 Å². The Morgan fingerprint density at radius 2 is 2.13 bits per heavy atom. The van der Waals surface area contributed by atoms with E-state index in [2.05, 4.69) is 17.1 Å². The summed E-state index contributed by atoms with van der Waals surface area (Å²) in [5.74, 6) is 0.744. The number of halogens is 1. The first-order valence-corrected chi connectivity index (χ1v) is 7.83. The molecule has 3 aromatic rings. The van der Waals surface area contributed by atoms with Crippen LogP contribution >= 0.6 is 0 Å². The molecule has 3 heterocycles. The molecule has 0 saturated carbocycles. The second-order valence-electron chi connectivity index (χ2n) is 5.74. The molecular formula is C16H21FN6. The maximum Gasteiger partial charge on any atom is 0.165 e. The van der Waals surface area contributed by atoms with Crippen molar-refractivity contribution >= 4 is 11.5 Å². The van der Waals surface area contributed by atoms with Crippen molar-refractivity contribution in [1.29, 1.82) is 0 Å². The lowest BCUT2D eigenvalue weighted by Gasteiger charge is -2.14. The van der Waals surface area contributed by atoms with Gasteiger partial charge in [0.15, 0.2) is 5.65 Å². The van der Waals surface area contributed by atoms with Crippen molar-refractivity contribution in [2.24, 2.45) is 7.05 Å². The molecule has 6 nitrogen and oxygen atoms in total. The predicted molar refractivity (Wildman–Crippen MR) is 87.8 cm³/mol. The highest BCUT2D eigenvalue weighted by Gasteiger charge is 2.17. The molecule has 0 amide bonds. The Morgan fingerprint density at radius 1 is 1.30 bits per heavy atom. The topological polar surface area (TPSA) is 74.0 Å². The quantitative estimate of drug-likeness (QED) is 0.758. The Labute approximate surface area is 134 Å². The number of aryl methyl sites for hydroxylation is 1. The first-order chi connectivity index (χ1) is 11.1. The number of nitrogen functional groups attached to an aromatic ring is 1. The van der Waals surface area contributed by atoms with E-state index in [1.807, 2.05) is 19.3 Å². The van der Waals surface area contributed by atoms with Gasteiger partial charge >= 0.3 is 0 Å². The van der Waals surface area contributed by atoms with Gasteiger partial charge in [0.05, 0.1) is 19.1 Å². The molecule has 0 unspecified atom stereocenters. The van der Waals surface area contributed by atoms with Crippen molar-refractivity contribution in [3.05, 3.63) is 30.4 Å². The Hall–Kier alpha value is -2.44. The van der Waals surface area contributed by atoms with Crippen LogP contribution in [0.15, 0.2) is 24.7 Å². The van der Waals surface area contributed by atoms with E-state index in [0.29, 0.717) is 17.9 Å². The molecule has 0 radical (unpaired) electrons. The van der Waals surface area contributed by atoms with Crippen LogP contribution in [-0.2, 0) is 7.05 Å². The number of rotatable bonds is 6. The summed E-state index contributed by atoms with van der Waals surface area (Å²) < 4.78 is 15.9. The fraction of sp³-hybridized carbons (Fsp3) is 0.438. The third-order valence-electron chi connectivity index (χ3n) is 4.13. The number of hydrogen-bond acceptors (Lipinski definition) is 4. The second kappa shape index (κ2) is 6.36. The number of alkyl halides is 1. The van der Waals surface area contributed by atoms with Crippen LogP contribution in [0.5, 0.6) is 0 Å². The molecule has 3 rings (SSSR count). The minimum atomic E-state index is -0.304. The van der Waals surface area contributed by atoms with Gasteiger partial charge in [-0.1, -0.05) is 6.92 Å². The normalized spacial score (nSPS) is 12.8. The number of nitrogens with zero attached hydrogens (tertiary/aromatic N) is 5. The second-order valence-corrected chi connectivity index (χ2v) is 5.74. The highest BCUT2D eigenvalue weighted by molar-refractivity contribution is 5.77. The number of aromatic nitrogens is 5. The molecule has 0 bridgehead atoms. The Bertz CT molecular complexity index is 806. The summed E-state index contributed by atoms with van der Waals surface area (Å²) in [6.07, 6.45) is 7.66. The van der Waals surface area contributed by atoms with Crippen LogP contribution in [0, 0.1) is 0 Å². The fourth-order valence-corrected chi connectivity index (χ4v) is 2.86. The van der Waals surface area contributed by atoms with E-state index in [0.717, 1.165) is 29.7 Å². The van der Waals surface area contributed by atoms with E-state index >= 15 is 0 Å². The monoisotopic (exact) mass is 316 g/mol. The molecular weight excluding hydrogens is 295 g/mol. The van der Waals surface area contributed by atoms with E-state index in [4.69, 9.17) is 10.7 Å². The van der Waals surface area contributed by atoms with E-state index in [-0.39, 0.29) is 12.6 Å². The summed E-state index contributed by atoms with van der Waals surface area (Å²) in [5.41, 5.74) is 9.60. The van der Waals surface area contributed by atoms with Crippen LogP contribution < -0.4 is 5.73 Å². The highest BCUT2D eigenvalue weighted by atomic mass is 19.1. The molecule has 0 spiro atoms. The lowest BCUT2D eigenvalue weighted by molar-refractivity contribution is 0.436. The van der Waals surface area contributed by atoms with Gasteiger partial charge in [-0.25, -0.2) is 4.98 Å². The molecule has 122 valence electrons. The Balaban J connectivity index is 2.08. The van der Waals surface area contributed by atoms with Crippen molar-refractivity contribution in [3.8, 4) is 11.1 Å². The van der Waals surface area contributed by atoms with Crippen LogP contribution in [-0.4, -0.2) is 31.1 Å². The molecule has 0 aromatic carbocycles. The molecule has 7 heteroatoms. The van der Waals surface area contributed by atoms with Crippen LogP contribution in [0.1, 0.15) is 37.8 Å². The van der Waals surface area contributed by atoms with Crippen molar-refractivity contribution in [3.63, 3.8) is 0 Å². The Morgan fingerprint density at radius 3 is 2.78 bits per heavy atom. The van der Waals surface area contributed by atoms with Crippen molar-refractivity contribution in [2.75, 3.05) is 12.4 Å². The maximum atomic E-state index is 12.5. The van der Waals surface area contributed by atoms with Crippen molar-refractivity contribution in [1.82, 2.24) is 24.4 Å². The van der Waals surface area contributed by atoms with Gasteiger partial charge in [-0.3, -0.25) is 9.07 Å². The summed E-state index contributed by atoms with van der Waals surface area (Å²) in [4.78, 5) is 4.77. The maximum absolute atomic E-state index is 12.5. The summed E-state index contributed by atoms with van der Waals surface area (Å²) in [6, 6.07) is 1.85. The molecule has 0 aliphatic carbocycles. The van der Waals surface area contributed by atoms with E-state index in [9.17, 15) is 4.39 Å². The SMILES string of the molecule is CC[C@@H](CCCF)c1cc(N)n2ncc(-c3cnn(C)c3)c2n1. The standard InChI is InChI=1S/C16H21FN6/c1-3-11(5-4-6-17)14-7-15(18)23-16(21-14)13(9-20-23)12-8-19-22(2)10-12/h7-11H,3-6,18H2,1-2H3/t11-/m0/s1. The van der Waals surface area contributed by atoms with Gasteiger partial charge < -0.3 is 5.73 Å². The lowest BCUT2D eigenvalue weighted by atomic mass is 9.96. The largest absolute Gasteiger partial charge is 0.384 e. The number of nitrogens with two attached hydrogens (primary N) is 1. The number of fused-ring (bicyclic) bond motifs is 1. The van der Waals surface area contributed by atoms with E-state index in [1.165, 1.54) is 0 Å². The zero-order chi connectivity index (χ0) is 16.4. The number of hydrogen-bond donors (Lipinski definition) is 1. The zero-order valence-corrected chi connectivity index (χ0v) is 13.4. The zero-order valence-electron chi connectivity index (χ0n) is 13.4. The molecule has 0 fully saturated rings. The third-order valence-corrected chi connectivity index (χ3v) is 4.13. The first kappa shape index (κ1) is 15.5. The highest BCUT2D eigenvalue weighted by Crippen LogP contribution is 2.29. The van der Waals surface area contributed by atoms with Gasteiger partial charge in [0.1, 0.15) is 5.82 Å². The molecule has 1 atom stereocenters. The van der Waals surface area contributed by atoms with Crippen LogP contribution in [0.3, 0.4) is 0 Å². The predicted octanol–water partition coefficient (Wildman–Crippen LogP) is 2.96. The van der Waals surface area contributed by atoms with Gasteiger partial charge in [0, 0.05) is 42.0 Å². The van der Waals surface area contributed by atoms with Gasteiger partial charge in [-0.15, -0.1) is 0 Å². The van der Waals surface area contributed by atoms with Crippen LogP contribution in [0.4, 0.5) is 10.2 Å². The summed E-state index contributed by atoms with van der Waals surface area (Å²) in [7, 11) is 1.87. The molecule has 2 N–H and O–H groups in total. The third kappa shape index (κ3) is 2.91. The fourth-order valence-electron chi connectivity index (χ4n) is 2.86. The minimum Gasteiger partial charge on any atom is -0.384 e. The first-order valence-electron chi connectivity index (χ1n) is 7.83. The summed E-state index contributed by atoms with van der Waals surface area (Å²) >= 11 is 0. The molecule has 3 aromatic heterocycles. The lowest BCUT2D eigenvalue weighted by Crippen LogP contribution is -2.07. The molecule has 0 aliphatic heterocycles. The average Bonchev–Trinajstić information content (AvgIpc) is 3.14. The van der Waals surface area contributed by atoms with Crippen molar-refractivity contribution in [2.45, 2.75) is 32.1 Å². The minimum absolute atomic E-state index is 0.203. The van der Waals surface area contributed by atoms with Gasteiger partial charge in [-0.2, -0.15) is 14.7 Å². The van der Waals surface area contributed by atoms with E-state index < -0.39 is 0 Å². The average molecular weight is 316 g/mol. The smallest absolute Gasteiger partial charge is 0.165 e. The summed E-state index contributed by atoms with van der Waals surface area (Å²) in [5, 5.41) is 8.52. The molecule has 0 aliphatic rings. The van der Waals surface area contributed by atoms with Crippen LogP contribution in [0.2, 0.25) is 0 Å². The van der Waals surface area contributed by atoms with Gasteiger partial charge in [0.2, 0.25) is 0 Å². The van der Waals surface area contributed by atoms with Gasteiger partial charge in [0.25, 0.3) is 0 Å². The van der Waals surface area contributed by atoms with E-state index in [1.54, 1.807) is 21.6 Å². The Kier molecular flexibility index (Phi) is 4.27. The number of anilines is 1. The molecule has 0 saturated heterocycles. The summed E-state index contributed by atoms with van der Waals surface area (Å²) in [6.45, 7) is 1.78. The van der Waals surface area contributed by atoms with Gasteiger partial charge in [-0.05, 0) is 19.3 Å². The van der Waals surface area contributed by atoms with Crippen molar-refractivity contribution < 1.29 is 4.39 Å². The molecule has 23 heavy (non-hydrogen) atoms.